The maximum atomic E-state index is 5.96. The lowest BCUT2D eigenvalue weighted by Gasteiger charge is -2.50. The van der Waals surface area contributed by atoms with Crippen molar-refractivity contribution in [2.45, 2.75) is 77.5 Å². The summed E-state index contributed by atoms with van der Waals surface area (Å²) in [6.45, 7) is 15.4. The fourth-order valence-corrected chi connectivity index (χ4v) is 3.48. The standard InChI is InChI=1S/C17H34N2O/c1-6-17(7-2)13-18-15(14-8-9-14)12-19(17)10-11-20-16(3,4)5/h14-15,18H,6-13H2,1-5H3. The van der Waals surface area contributed by atoms with Crippen LogP contribution in [-0.2, 0) is 4.74 Å². The van der Waals surface area contributed by atoms with E-state index in [0.29, 0.717) is 5.54 Å². The lowest BCUT2D eigenvalue weighted by molar-refractivity contribution is -0.0430. The number of nitrogens with zero attached hydrogens (tertiary/aromatic N) is 1. The highest BCUT2D eigenvalue weighted by atomic mass is 16.5. The SMILES string of the molecule is CCC1(CC)CNC(C2CC2)CN1CCOC(C)(C)C. The summed E-state index contributed by atoms with van der Waals surface area (Å²) in [4.78, 5) is 2.72. The van der Waals surface area contributed by atoms with E-state index < -0.39 is 0 Å². The first-order chi connectivity index (χ1) is 9.40. The molecule has 20 heavy (non-hydrogen) atoms. The van der Waals surface area contributed by atoms with Gasteiger partial charge in [0.1, 0.15) is 0 Å². The zero-order chi connectivity index (χ0) is 14.8. The summed E-state index contributed by atoms with van der Waals surface area (Å²) in [5.41, 5.74) is 0.317. The van der Waals surface area contributed by atoms with Crippen molar-refractivity contribution in [1.82, 2.24) is 10.2 Å². The Morgan fingerprint density at radius 3 is 2.35 bits per heavy atom. The third kappa shape index (κ3) is 3.96. The molecule has 0 aromatic rings. The molecule has 2 fully saturated rings. The molecule has 0 spiro atoms. The van der Waals surface area contributed by atoms with Crippen LogP contribution in [0.4, 0.5) is 0 Å². The molecule has 2 aliphatic rings. The molecule has 1 N–H and O–H groups in total. The first kappa shape index (κ1) is 16.3. The molecular weight excluding hydrogens is 248 g/mol. The smallest absolute Gasteiger partial charge is 0.0600 e. The summed E-state index contributed by atoms with van der Waals surface area (Å²) in [7, 11) is 0. The maximum Gasteiger partial charge on any atom is 0.0600 e. The topological polar surface area (TPSA) is 24.5 Å². The second kappa shape index (κ2) is 6.33. The highest BCUT2D eigenvalue weighted by Crippen LogP contribution is 2.37. The fourth-order valence-electron chi connectivity index (χ4n) is 3.48. The summed E-state index contributed by atoms with van der Waals surface area (Å²) in [5, 5.41) is 3.83. The number of piperazine rings is 1. The van der Waals surface area contributed by atoms with E-state index in [1.807, 2.05) is 0 Å². The number of hydrogen-bond donors (Lipinski definition) is 1. The van der Waals surface area contributed by atoms with Crippen molar-refractivity contribution in [2.24, 2.45) is 5.92 Å². The van der Waals surface area contributed by atoms with E-state index in [1.54, 1.807) is 0 Å². The molecule has 1 heterocycles. The predicted molar refractivity (Wildman–Crippen MR) is 85.1 cm³/mol. The van der Waals surface area contributed by atoms with Gasteiger partial charge in [0, 0.05) is 31.2 Å². The van der Waals surface area contributed by atoms with Gasteiger partial charge in [0.15, 0.2) is 0 Å². The summed E-state index contributed by atoms with van der Waals surface area (Å²) < 4.78 is 5.96. The molecule has 1 atom stereocenters. The molecule has 118 valence electrons. The maximum absolute atomic E-state index is 5.96. The Balaban J connectivity index is 1.94. The Hall–Kier alpha value is -0.120. The zero-order valence-corrected chi connectivity index (χ0v) is 14.2. The fraction of sp³-hybridized carbons (Fsp3) is 1.00. The van der Waals surface area contributed by atoms with E-state index in [0.717, 1.165) is 31.7 Å². The van der Waals surface area contributed by atoms with Gasteiger partial charge in [-0.15, -0.1) is 0 Å². The molecule has 1 saturated heterocycles. The van der Waals surface area contributed by atoms with E-state index in [2.05, 4.69) is 44.8 Å². The molecule has 3 heteroatoms. The lowest BCUT2D eigenvalue weighted by atomic mass is 9.86. The van der Waals surface area contributed by atoms with Crippen LogP contribution in [0.1, 0.15) is 60.3 Å². The highest BCUT2D eigenvalue weighted by Gasteiger charge is 2.43. The van der Waals surface area contributed by atoms with Crippen LogP contribution in [0.5, 0.6) is 0 Å². The molecular formula is C17H34N2O. The molecule has 0 amide bonds. The van der Waals surface area contributed by atoms with Gasteiger partial charge in [0.05, 0.1) is 12.2 Å². The number of hydrogen-bond acceptors (Lipinski definition) is 3. The van der Waals surface area contributed by atoms with E-state index in [-0.39, 0.29) is 5.60 Å². The minimum atomic E-state index is -0.0228. The molecule has 1 saturated carbocycles. The quantitative estimate of drug-likeness (QED) is 0.810. The van der Waals surface area contributed by atoms with Crippen LogP contribution in [0.2, 0.25) is 0 Å². The molecule has 1 aliphatic heterocycles. The largest absolute Gasteiger partial charge is 0.375 e. The third-order valence-electron chi connectivity index (χ3n) is 5.18. The first-order valence-electron chi connectivity index (χ1n) is 8.52. The van der Waals surface area contributed by atoms with Crippen molar-refractivity contribution >= 4 is 0 Å². The molecule has 0 radical (unpaired) electrons. The lowest BCUT2D eigenvalue weighted by Crippen LogP contribution is -2.65. The summed E-state index contributed by atoms with van der Waals surface area (Å²) in [5.74, 6) is 0.938. The Morgan fingerprint density at radius 1 is 1.20 bits per heavy atom. The van der Waals surface area contributed by atoms with Gasteiger partial charge in [-0.25, -0.2) is 0 Å². The molecule has 0 aromatic carbocycles. The first-order valence-corrected chi connectivity index (χ1v) is 8.52. The van der Waals surface area contributed by atoms with Crippen LogP contribution >= 0.6 is 0 Å². The number of ether oxygens (including phenoxy) is 1. The Morgan fingerprint density at radius 2 is 1.85 bits per heavy atom. The van der Waals surface area contributed by atoms with Crippen molar-refractivity contribution in [3.05, 3.63) is 0 Å². The van der Waals surface area contributed by atoms with Gasteiger partial charge in [0.25, 0.3) is 0 Å². The molecule has 0 aromatic heterocycles. The van der Waals surface area contributed by atoms with Gasteiger partial charge in [-0.1, -0.05) is 13.8 Å². The molecule has 0 bridgehead atoms. The van der Waals surface area contributed by atoms with Crippen LogP contribution in [0, 0.1) is 5.92 Å². The monoisotopic (exact) mass is 282 g/mol. The second-order valence-electron chi connectivity index (χ2n) is 7.66. The molecule has 3 nitrogen and oxygen atoms in total. The summed E-state index contributed by atoms with van der Waals surface area (Å²) >= 11 is 0. The Bertz CT molecular complexity index is 303. The van der Waals surface area contributed by atoms with Crippen molar-refractivity contribution in [3.8, 4) is 0 Å². The Labute approximate surface area is 125 Å². The van der Waals surface area contributed by atoms with Gasteiger partial charge < -0.3 is 10.1 Å². The van der Waals surface area contributed by atoms with Crippen molar-refractivity contribution < 1.29 is 4.74 Å². The minimum Gasteiger partial charge on any atom is -0.375 e. The zero-order valence-electron chi connectivity index (χ0n) is 14.2. The van der Waals surface area contributed by atoms with Crippen LogP contribution in [0.15, 0.2) is 0 Å². The van der Waals surface area contributed by atoms with E-state index in [1.165, 1.54) is 32.2 Å². The van der Waals surface area contributed by atoms with Crippen LogP contribution in [0.25, 0.3) is 0 Å². The summed E-state index contributed by atoms with van der Waals surface area (Å²) in [6, 6.07) is 0.718. The van der Waals surface area contributed by atoms with Crippen molar-refractivity contribution in [2.75, 3.05) is 26.2 Å². The van der Waals surface area contributed by atoms with Crippen LogP contribution in [0.3, 0.4) is 0 Å². The van der Waals surface area contributed by atoms with Gasteiger partial charge in [-0.2, -0.15) is 0 Å². The van der Waals surface area contributed by atoms with Gasteiger partial charge in [0.2, 0.25) is 0 Å². The summed E-state index contributed by atoms with van der Waals surface area (Å²) in [6.07, 6.45) is 5.30. The van der Waals surface area contributed by atoms with Gasteiger partial charge in [-0.05, 0) is 52.4 Å². The Kier molecular flexibility index (Phi) is 5.14. The predicted octanol–water partition coefficient (Wildman–Crippen LogP) is 3.04. The molecule has 2 rings (SSSR count). The van der Waals surface area contributed by atoms with E-state index >= 15 is 0 Å². The number of rotatable bonds is 6. The molecule has 1 aliphatic carbocycles. The van der Waals surface area contributed by atoms with Crippen LogP contribution < -0.4 is 5.32 Å². The van der Waals surface area contributed by atoms with E-state index in [9.17, 15) is 0 Å². The van der Waals surface area contributed by atoms with Crippen molar-refractivity contribution in [3.63, 3.8) is 0 Å². The number of nitrogens with one attached hydrogen (secondary N) is 1. The highest BCUT2D eigenvalue weighted by molar-refractivity contribution is 5.01. The van der Waals surface area contributed by atoms with Gasteiger partial charge >= 0.3 is 0 Å². The van der Waals surface area contributed by atoms with Crippen LogP contribution in [-0.4, -0.2) is 48.3 Å². The van der Waals surface area contributed by atoms with E-state index in [4.69, 9.17) is 4.74 Å². The minimum absolute atomic E-state index is 0.0228. The molecule has 1 unspecified atom stereocenters. The van der Waals surface area contributed by atoms with Gasteiger partial charge in [-0.3, -0.25) is 4.90 Å². The average molecular weight is 282 g/mol. The average Bonchev–Trinajstić information content (AvgIpc) is 3.22. The van der Waals surface area contributed by atoms with Crippen molar-refractivity contribution in [1.29, 1.82) is 0 Å². The second-order valence-corrected chi connectivity index (χ2v) is 7.66. The normalized spacial score (nSPS) is 27.8. The third-order valence-corrected chi connectivity index (χ3v) is 5.18.